The highest BCUT2D eigenvalue weighted by Gasteiger charge is 2.22. The zero-order valence-corrected chi connectivity index (χ0v) is 12.9. The average Bonchev–Trinajstić information content (AvgIpc) is 2.41. The summed E-state index contributed by atoms with van der Waals surface area (Å²) in [4.78, 5) is 22.7. The number of hydrogen-bond donors (Lipinski definition) is 1. The Bertz CT molecular complexity index is 537. The van der Waals surface area contributed by atoms with Crippen LogP contribution in [0.25, 0.3) is 0 Å². The van der Waals surface area contributed by atoms with Gasteiger partial charge in [0.15, 0.2) is 0 Å². The number of carbonyl (C=O) groups excluding carboxylic acids is 2. The van der Waals surface area contributed by atoms with E-state index in [9.17, 15) is 18.4 Å². The van der Waals surface area contributed by atoms with Gasteiger partial charge < -0.3 is 10.1 Å². The molecule has 0 aliphatic rings. The van der Waals surface area contributed by atoms with E-state index >= 15 is 0 Å². The van der Waals surface area contributed by atoms with Crippen LogP contribution < -0.4 is 5.32 Å². The number of benzene rings is 1. The molecular weight excluding hydrogens is 300 g/mol. The number of halogens is 2. The van der Waals surface area contributed by atoms with Crippen LogP contribution in [-0.4, -0.2) is 24.2 Å². The third kappa shape index (κ3) is 5.00. The van der Waals surface area contributed by atoms with Crippen LogP contribution in [0.1, 0.15) is 26.7 Å². The van der Waals surface area contributed by atoms with Crippen LogP contribution in [-0.2, 0) is 14.3 Å². The topological polar surface area (TPSA) is 55.4 Å². The fourth-order valence-electron chi connectivity index (χ4n) is 1.68. The first kappa shape index (κ1) is 17.4. The van der Waals surface area contributed by atoms with Crippen LogP contribution in [0, 0.1) is 11.6 Å². The first-order valence-electron chi connectivity index (χ1n) is 6.40. The van der Waals surface area contributed by atoms with E-state index in [4.69, 9.17) is 0 Å². The predicted octanol–water partition coefficient (Wildman–Crippen LogP) is 3.36. The number of carbonyl (C=O) groups is 2. The van der Waals surface area contributed by atoms with E-state index in [2.05, 4.69) is 10.1 Å². The molecule has 0 radical (unpaired) electrons. The molecular formula is C14H17F2NO3S. The zero-order chi connectivity index (χ0) is 16.0. The molecule has 1 unspecified atom stereocenters. The van der Waals surface area contributed by atoms with Crippen molar-refractivity contribution in [3.05, 3.63) is 23.8 Å². The summed E-state index contributed by atoms with van der Waals surface area (Å²) in [6.45, 7) is 3.12. The zero-order valence-electron chi connectivity index (χ0n) is 12.0. The van der Waals surface area contributed by atoms with Crippen LogP contribution in [0.4, 0.5) is 14.5 Å². The Hall–Kier alpha value is -1.63. The molecule has 0 aliphatic carbocycles. The first-order chi connectivity index (χ1) is 9.88. The van der Waals surface area contributed by atoms with Crippen molar-refractivity contribution < 1.29 is 23.1 Å². The van der Waals surface area contributed by atoms with Crippen molar-refractivity contribution in [1.29, 1.82) is 0 Å². The summed E-state index contributed by atoms with van der Waals surface area (Å²) in [6, 6.07) is 1.87. The minimum atomic E-state index is -0.864. The highest BCUT2D eigenvalue weighted by atomic mass is 32.2. The van der Waals surface area contributed by atoms with E-state index in [-0.39, 0.29) is 10.6 Å². The van der Waals surface area contributed by atoms with Gasteiger partial charge in [0.2, 0.25) is 5.91 Å². The largest absolute Gasteiger partial charge is 0.468 e. The molecule has 7 heteroatoms. The summed E-state index contributed by atoms with van der Waals surface area (Å²) in [5, 5.41) is 1.70. The van der Waals surface area contributed by atoms with E-state index in [1.54, 1.807) is 0 Å². The maximum Gasteiger partial charge on any atom is 0.319 e. The molecule has 4 nitrogen and oxygen atoms in total. The number of nitrogens with one attached hydrogen (secondary N) is 1. The van der Waals surface area contributed by atoms with Gasteiger partial charge in [-0.2, -0.15) is 0 Å². The molecule has 0 aromatic heterocycles. The fraction of sp³-hybridized carbons (Fsp3) is 0.429. The van der Waals surface area contributed by atoms with Gasteiger partial charge in [-0.15, -0.1) is 11.8 Å². The molecule has 0 aliphatic heterocycles. The number of amides is 1. The quantitative estimate of drug-likeness (QED) is 0.646. The molecule has 21 heavy (non-hydrogen) atoms. The Morgan fingerprint density at radius 2 is 2.00 bits per heavy atom. The van der Waals surface area contributed by atoms with E-state index in [0.29, 0.717) is 18.9 Å². The molecule has 0 bridgehead atoms. The maximum absolute atomic E-state index is 13.8. The minimum Gasteiger partial charge on any atom is -0.468 e. The SMILES string of the molecule is CCCC(Sc1cc(NC(C)=O)c(F)cc1F)C(=O)OC. The lowest BCUT2D eigenvalue weighted by atomic mass is 10.2. The molecule has 116 valence electrons. The third-order valence-electron chi connectivity index (χ3n) is 2.62. The van der Waals surface area contributed by atoms with Gasteiger partial charge in [-0.3, -0.25) is 9.59 Å². The second-order valence-electron chi connectivity index (χ2n) is 4.36. The highest BCUT2D eigenvalue weighted by Crippen LogP contribution is 2.32. The lowest BCUT2D eigenvalue weighted by Crippen LogP contribution is -2.18. The van der Waals surface area contributed by atoms with Crippen molar-refractivity contribution in [2.24, 2.45) is 0 Å². The number of anilines is 1. The van der Waals surface area contributed by atoms with Gasteiger partial charge in [0.05, 0.1) is 12.8 Å². The Labute approximate surface area is 126 Å². The molecule has 1 amide bonds. The minimum absolute atomic E-state index is 0.0870. The number of rotatable bonds is 6. The van der Waals surface area contributed by atoms with Crippen LogP contribution in [0.3, 0.4) is 0 Å². The average molecular weight is 317 g/mol. The number of thioether (sulfide) groups is 1. The van der Waals surface area contributed by atoms with Gasteiger partial charge in [0, 0.05) is 17.9 Å². The molecule has 0 saturated heterocycles. The van der Waals surface area contributed by atoms with Crippen LogP contribution in [0.15, 0.2) is 17.0 Å². The van der Waals surface area contributed by atoms with Crippen molar-refractivity contribution in [2.75, 3.05) is 12.4 Å². The van der Waals surface area contributed by atoms with Crippen molar-refractivity contribution in [3.8, 4) is 0 Å². The molecule has 0 saturated carbocycles. The smallest absolute Gasteiger partial charge is 0.319 e. The van der Waals surface area contributed by atoms with E-state index in [1.807, 2.05) is 6.92 Å². The van der Waals surface area contributed by atoms with Crippen molar-refractivity contribution in [2.45, 2.75) is 36.8 Å². The van der Waals surface area contributed by atoms with Crippen molar-refractivity contribution >= 4 is 29.3 Å². The lowest BCUT2D eigenvalue weighted by Gasteiger charge is -2.15. The molecule has 0 fully saturated rings. The lowest BCUT2D eigenvalue weighted by molar-refractivity contribution is -0.140. The second kappa shape index (κ2) is 7.97. The number of ether oxygens (including phenoxy) is 1. The number of methoxy groups -OCH3 is 1. The fourth-order valence-corrected chi connectivity index (χ4v) is 2.89. The van der Waals surface area contributed by atoms with E-state index < -0.39 is 28.8 Å². The summed E-state index contributed by atoms with van der Waals surface area (Å²) in [6.07, 6.45) is 1.22. The monoisotopic (exact) mass is 317 g/mol. The molecule has 1 atom stereocenters. The Morgan fingerprint density at radius 3 is 2.52 bits per heavy atom. The van der Waals surface area contributed by atoms with Crippen LogP contribution in [0.5, 0.6) is 0 Å². The summed E-state index contributed by atoms with van der Waals surface area (Å²) < 4.78 is 32.0. The molecule has 1 rings (SSSR count). The standard InChI is InChI=1S/C14H17F2NO3S/c1-4-5-12(14(19)20-3)21-13-7-11(17-8(2)18)9(15)6-10(13)16/h6-7,12H,4-5H2,1-3H3,(H,17,18). The van der Waals surface area contributed by atoms with E-state index in [0.717, 1.165) is 11.8 Å². The van der Waals surface area contributed by atoms with Crippen molar-refractivity contribution in [1.82, 2.24) is 0 Å². The summed E-state index contributed by atoms with van der Waals surface area (Å²) in [5.74, 6) is -2.57. The van der Waals surface area contributed by atoms with Gasteiger partial charge in [-0.25, -0.2) is 8.78 Å². The Kier molecular flexibility index (Phi) is 6.61. The second-order valence-corrected chi connectivity index (χ2v) is 5.61. The highest BCUT2D eigenvalue weighted by molar-refractivity contribution is 8.00. The first-order valence-corrected chi connectivity index (χ1v) is 7.28. The third-order valence-corrected chi connectivity index (χ3v) is 3.90. The Morgan fingerprint density at radius 1 is 1.33 bits per heavy atom. The van der Waals surface area contributed by atoms with Crippen molar-refractivity contribution in [3.63, 3.8) is 0 Å². The summed E-state index contributed by atoms with van der Waals surface area (Å²) in [7, 11) is 1.26. The molecule has 1 aromatic carbocycles. The Balaban J connectivity index is 3.05. The molecule has 0 spiro atoms. The molecule has 0 heterocycles. The maximum atomic E-state index is 13.8. The normalized spacial score (nSPS) is 11.9. The predicted molar refractivity (Wildman–Crippen MR) is 77.2 cm³/mol. The molecule has 1 N–H and O–H groups in total. The molecule has 1 aromatic rings. The number of esters is 1. The van der Waals surface area contributed by atoms with Gasteiger partial charge in [0.25, 0.3) is 0 Å². The van der Waals surface area contributed by atoms with E-state index in [1.165, 1.54) is 20.1 Å². The van der Waals surface area contributed by atoms with Gasteiger partial charge in [-0.05, 0) is 12.5 Å². The van der Waals surface area contributed by atoms with Gasteiger partial charge in [0.1, 0.15) is 16.9 Å². The van der Waals surface area contributed by atoms with Gasteiger partial charge >= 0.3 is 5.97 Å². The summed E-state index contributed by atoms with van der Waals surface area (Å²) >= 11 is 0.955. The van der Waals surface area contributed by atoms with Crippen LogP contribution >= 0.6 is 11.8 Å². The van der Waals surface area contributed by atoms with Gasteiger partial charge in [-0.1, -0.05) is 13.3 Å². The summed E-state index contributed by atoms with van der Waals surface area (Å²) in [5.41, 5.74) is -0.119. The number of hydrogen-bond acceptors (Lipinski definition) is 4. The van der Waals surface area contributed by atoms with Crippen LogP contribution in [0.2, 0.25) is 0 Å².